The largest absolute Gasteiger partial charge is 0.482 e. The van der Waals surface area contributed by atoms with Crippen molar-refractivity contribution in [3.63, 3.8) is 0 Å². The Kier molecular flexibility index (Phi) is 5.87. The Morgan fingerprint density at radius 3 is 2.75 bits per heavy atom. The molecular formula is C12H11BrClNO4S. The zero-order chi connectivity index (χ0) is 15.3. The Morgan fingerprint density at radius 1 is 1.55 bits per heavy atom. The third-order valence-electron chi connectivity index (χ3n) is 2.20. The standard InChI is InChI=1S/C12H11BrClNO4S/c1-3-4-15-11(16)7-19-12-8(2)5-9(13)6-10(12)20(14,17)18/h1,5-6H,4,7H2,2H3,(H,15,16). The second-order valence-corrected chi connectivity index (χ2v) is 7.21. The van der Waals surface area contributed by atoms with E-state index < -0.39 is 15.0 Å². The highest BCUT2D eigenvalue weighted by Gasteiger charge is 2.20. The Balaban J connectivity index is 3.01. The maximum absolute atomic E-state index is 11.5. The fourth-order valence-electron chi connectivity index (χ4n) is 1.40. The molecule has 0 aromatic heterocycles. The molecule has 0 heterocycles. The molecule has 0 atom stereocenters. The molecule has 0 bridgehead atoms. The minimum atomic E-state index is -3.99. The van der Waals surface area contributed by atoms with Crippen LogP contribution in [0.5, 0.6) is 5.75 Å². The van der Waals surface area contributed by atoms with Gasteiger partial charge in [-0.3, -0.25) is 4.79 Å². The molecule has 20 heavy (non-hydrogen) atoms. The van der Waals surface area contributed by atoms with Gasteiger partial charge in [0.15, 0.2) is 6.61 Å². The molecular weight excluding hydrogens is 370 g/mol. The predicted molar refractivity (Wildman–Crippen MR) is 79.3 cm³/mol. The predicted octanol–water partition coefficient (Wildman–Crippen LogP) is 1.81. The van der Waals surface area contributed by atoms with E-state index in [0.29, 0.717) is 10.0 Å². The zero-order valence-electron chi connectivity index (χ0n) is 10.4. The van der Waals surface area contributed by atoms with Crippen LogP contribution < -0.4 is 10.1 Å². The molecule has 0 aliphatic rings. The van der Waals surface area contributed by atoms with Gasteiger partial charge in [0.05, 0.1) is 6.54 Å². The average molecular weight is 381 g/mol. The number of ether oxygens (including phenoxy) is 1. The van der Waals surface area contributed by atoms with Crippen LogP contribution in [0, 0.1) is 19.3 Å². The van der Waals surface area contributed by atoms with Crippen LogP contribution >= 0.6 is 26.6 Å². The molecule has 0 spiro atoms. The molecule has 0 aliphatic heterocycles. The Morgan fingerprint density at radius 2 is 2.20 bits per heavy atom. The van der Waals surface area contributed by atoms with Crippen molar-refractivity contribution >= 4 is 41.6 Å². The molecule has 0 saturated carbocycles. The van der Waals surface area contributed by atoms with Crippen LogP contribution in [0.4, 0.5) is 0 Å². The van der Waals surface area contributed by atoms with Crippen LogP contribution in [0.15, 0.2) is 21.5 Å². The van der Waals surface area contributed by atoms with Gasteiger partial charge in [-0.05, 0) is 24.6 Å². The van der Waals surface area contributed by atoms with Gasteiger partial charge >= 0.3 is 0 Å². The molecule has 1 aromatic rings. The van der Waals surface area contributed by atoms with Crippen molar-refractivity contribution in [1.82, 2.24) is 5.32 Å². The Labute approximate surface area is 130 Å². The van der Waals surface area contributed by atoms with Crippen LogP contribution in [-0.4, -0.2) is 27.5 Å². The molecule has 1 rings (SSSR count). The van der Waals surface area contributed by atoms with Crippen molar-refractivity contribution < 1.29 is 17.9 Å². The van der Waals surface area contributed by atoms with Crippen molar-refractivity contribution in [2.75, 3.05) is 13.2 Å². The fraction of sp³-hybridized carbons (Fsp3) is 0.250. The molecule has 8 heteroatoms. The van der Waals surface area contributed by atoms with E-state index in [1.165, 1.54) is 6.07 Å². The number of hydrogen-bond donors (Lipinski definition) is 1. The van der Waals surface area contributed by atoms with Crippen LogP contribution in [0.2, 0.25) is 0 Å². The zero-order valence-corrected chi connectivity index (χ0v) is 13.6. The monoisotopic (exact) mass is 379 g/mol. The summed E-state index contributed by atoms with van der Waals surface area (Å²) in [5, 5.41) is 2.40. The number of benzene rings is 1. The maximum Gasteiger partial charge on any atom is 0.265 e. The summed E-state index contributed by atoms with van der Waals surface area (Å²) < 4.78 is 28.8. The van der Waals surface area contributed by atoms with Gasteiger partial charge in [-0.15, -0.1) is 6.42 Å². The third kappa shape index (κ3) is 4.71. The number of carbonyl (C=O) groups is 1. The van der Waals surface area contributed by atoms with E-state index in [1.807, 2.05) is 0 Å². The number of rotatable bonds is 5. The second-order valence-electron chi connectivity index (χ2n) is 3.76. The number of carbonyl (C=O) groups excluding carboxylic acids is 1. The summed E-state index contributed by atoms with van der Waals surface area (Å²) in [5.74, 6) is 1.83. The van der Waals surface area contributed by atoms with Crippen LogP contribution in [0.1, 0.15) is 5.56 Å². The Hall–Kier alpha value is -1.23. The van der Waals surface area contributed by atoms with Crippen molar-refractivity contribution in [3.8, 4) is 18.1 Å². The van der Waals surface area contributed by atoms with Gasteiger partial charge in [0.1, 0.15) is 10.6 Å². The quantitative estimate of drug-likeness (QED) is 0.625. The Bertz CT molecular complexity index is 667. The highest BCUT2D eigenvalue weighted by molar-refractivity contribution is 9.10. The minimum Gasteiger partial charge on any atom is -0.482 e. The number of hydrogen-bond acceptors (Lipinski definition) is 4. The molecule has 1 aromatic carbocycles. The lowest BCUT2D eigenvalue weighted by molar-refractivity contribution is -0.122. The molecule has 0 unspecified atom stereocenters. The minimum absolute atomic E-state index is 0.0408. The lowest BCUT2D eigenvalue weighted by Crippen LogP contribution is -2.29. The summed E-state index contributed by atoms with van der Waals surface area (Å²) >= 11 is 3.17. The summed E-state index contributed by atoms with van der Waals surface area (Å²) in [6.07, 6.45) is 5.00. The van der Waals surface area contributed by atoms with Gasteiger partial charge in [0.2, 0.25) is 0 Å². The summed E-state index contributed by atoms with van der Waals surface area (Å²) in [7, 11) is 1.36. The number of nitrogens with one attached hydrogen (secondary N) is 1. The molecule has 1 amide bonds. The number of halogens is 2. The number of terminal acetylenes is 1. The van der Waals surface area contributed by atoms with Crippen molar-refractivity contribution in [3.05, 3.63) is 22.2 Å². The smallest absolute Gasteiger partial charge is 0.265 e. The lowest BCUT2D eigenvalue weighted by atomic mass is 10.2. The molecule has 1 N–H and O–H groups in total. The van der Waals surface area contributed by atoms with E-state index in [2.05, 4.69) is 27.2 Å². The van der Waals surface area contributed by atoms with Crippen LogP contribution in [-0.2, 0) is 13.8 Å². The van der Waals surface area contributed by atoms with Gasteiger partial charge in [-0.25, -0.2) is 8.42 Å². The summed E-state index contributed by atoms with van der Waals surface area (Å²) in [6, 6.07) is 2.96. The number of amides is 1. The molecule has 0 aliphatic carbocycles. The SMILES string of the molecule is C#CCNC(=O)COc1c(C)cc(Br)cc1S(=O)(=O)Cl. The van der Waals surface area contributed by atoms with Crippen LogP contribution in [0.3, 0.4) is 0 Å². The van der Waals surface area contributed by atoms with Gasteiger partial charge in [0.25, 0.3) is 15.0 Å². The number of aryl methyl sites for hydroxylation is 1. The molecule has 5 nitrogen and oxygen atoms in total. The van der Waals surface area contributed by atoms with Gasteiger partial charge in [-0.1, -0.05) is 21.9 Å². The first kappa shape index (κ1) is 16.8. The van der Waals surface area contributed by atoms with Gasteiger partial charge < -0.3 is 10.1 Å². The summed E-state index contributed by atoms with van der Waals surface area (Å²) in [4.78, 5) is 11.2. The van der Waals surface area contributed by atoms with Crippen LogP contribution in [0.25, 0.3) is 0 Å². The maximum atomic E-state index is 11.5. The van der Waals surface area contributed by atoms with Gasteiger partial charge in [0, 0.05) is 15.2 Å². The van der Waals surface area contributed by atoms with Crippen molar-refractivity contribution in [1.29, 1.82) is 0 Å². The second kappa shape index (κ2) is 6.97. The fourth-order valence-corrected chi connectivity index (χ4v) is 3.18. The average Bonchev–Trinajstić information content (AvgIpc) is 2.33. The van der Waals surface area contributed by atoms with Gasteiger partial charge in [-0.2, -0.15) is 0 Å². The van der Waals surface area contributed by atoms with E-state index in [1.54, 1.807) is 13.0 Å². The summed E-state index contributed by atoms with van der Waals surface area (Å²) in [6.45, 7) is 1.36. The highest BCUT2D eigenvalue weighted by Crippen LogP contribution is 2.33. The highest BCUT2D eigenvalue weighted by atomic mass is 79.9. The van der Waals surface area contributed by atoms with E-state index in [4.69, 9.17) is 21.8 Å². The molecule has 0 saturated heterocycles. The first-order valence-electron chi connectivity index (χ1n) is 5.33. The molecule has 0 radical (unpaired) electrons. The summed E-state index contributed by atoms with van der Waals surface area (Å²) in [5.41, 5.74) is 0.531. The van der Waals surface area contributed by atoms with E-state index in [0.717, 1.165) is 0 Å². The normalized spacial score (nSPS) is 10.7. The van der Waals surface area contributed by atoms with Crippen molar-refractivity contribution in [2.24, 2.45) is 0 Å². The lowest BCUT2D eigenvalue weighted by Gasteiger charge is -2.12. The molecule has 108 valence electrons. The van der Waals surface area contributed by atoms with E-state index in [9.17, 15) is 13.2 Å². The van der Waals surface area contributed by atoms with E-state index in [-0.39, 0.29) is 23.8 Å². The van der Waals surface area contributed by atoms with Crippen molar-refractivity contribution in [2.45, 2.75) is 11.8 Å². The molecule has 0 fully saturated rings. The first-order chi connectivity index (χ1) is 9.25. The topological polar surface area (TPSA) is 72.5 Å². The van der Waals surface area contributed by atoms with E-state index >= 15 is 0 Å². The third-order valence-corrected chi connectivity index (χ3v) is 3.99. The first-order valence-corrected chi connectivity index (χ1v) is 8.43.